The molecule has 29 heavy (non-hydrogen) atoms. The monoisotopic (exact) mass is 404 g/mol. The summed E-state index contributed by atoms with van der Waals surface area (Å²) in [6.45, 7) is 0.845. The van der Waals surface area contributed by atoms with Gasteiger partial charge in [-0.25, -0.2) is 9.37 Å². The van der Waals surface area contributed by atoms with E-state index >= 15 is 0 Å². The third-order valence-electron chi connectivity index (χ3n) is 4.32. The van der Waals surface area contributed by atoms with E-state index in [0.29, 0.717) is 23.8 Å². The Morgan fingerprint density at radius 3 is 2.41 bits per heavy atom. The summed E-state index contributed by atoms with van der Waals surface area (Å²) >= 11 is 1.36. The van der Waals surface area contributed by atoms with Crippen LogP contribution in [0.5, 0.6) is 0 Å². The molecule has 0 atom stereocenters. The maximum absolute atomic E-state index is 13.2. The van der Waals surface area contributed by atoms with Crippen LogP contribution in [0.2, 0.25) is 0 Å². The summed E-state index contributed by atoms with van der Waals surface area (Å²) in [5.41, 5.74) is 3.06. The third-order valence-corrected chi connectivity index (χ3v) is 5.21. The number of aromatic nitrogens is 3. The Hall–Kier alpha value is -3.45. The summed E-state index contributed by atoms with van der Waals surface area (Å²) < 4.78 is 13.2. The molecule has 0 N–H and O–H groups in total. The van der Waals surface area contributed by atoms with Gasteiger partial charge in [0.2, 0.25) is 0 Å². The molecule has 0 unspecified atom stereocenters. The molecule has 5 nitrogen and oxygen atoms in total. The van der Waals surface area contributed by atoms with E-state index in [1.165, 1.54) is 23.5 Å². The zero-order valence-electron chi connectivity index (χ0n) is 15.4. The number of hydrogen-bond donors (Lipinski definition) is 0. The zero-order chi connectivity index (χ0) is 20.1. The number of hydrogen-bond acceptors (Lipinski definition) is 5. The minimum absolute atomic E-state index is 0.171. The third kappa shape index (κ3) is 4.70. The number of pyridine rings is 2. The predicted octanol–water partition coefficient (Wildman–Crippen LogP) is 4.58. The number of benzene rings is 1. The average Bonchev–Trinajstić information content (AvgIpc) is 3.25. The van der Waals surface area contributed by atoms with Crippen molar-refractivity contribution < 1.29 is 9.18 Å². The highest BCUT2D eigenvalue weighted by Gasteiger charge is 2.20. The second-order valence-corrected chi connectivity index (χ2v) is 7.28. The van der Waals surface area contributed by atoms with Gasteiger partial charge >= 0.3 is 0 Å². The summed E-state index contributed by atoms with van der Waals surface area (Å²) in [5, 5.41) is 2.42. The molecule has 0 bridgehead atoms. The van der Waals surface area contributed by atoms with E-state index in [1.807, 2.05) is 24.3 Å². The highest BCUT2D eigenvalue weighted by Crippen LogP contribution is 2.25. The molecule has 0 spiro atoms. The lowest BCUT2D eigenvalue weighted by molar-refractivity contribution is 0.0724. The van der Waals surface area contributed by atoms with Gasteiger partial charge in [0, 0.05) is 48.8 Å². The van der Waals surface area contributed by atoms with Crippen LogP contribution in [0.25, 0.3) is 10.6 Å². The van der Waals surface area contributed by atoms with Gasteiger partial charge in [-0.1, -0.05) is 6.07 Å². The molecule has 4 rings (SSSR count). The lowest BCUT2D eigenvalue weighted by Gasteiger charge is -2.22. The highest BCUT2D eigenvalue weighted by atomic mass is 32.1. The fourth-order valence-corrected chi connectivity index (χ4v) is 3.68. The molecule has 0 fully saturated rings. The molecular weight excluding hydrogens is 387 g/mol. The van der Waals surface area contributed by atoms with E-state index in [1.54, 1.807) is 47.2 Å². The van der Waals surface area contributed by atoms with Gasteiger partial charge in [0.1, 0.15) is 16.5 Å². The predicted molar refractivity (Wildman–Crippen MR) is 110 cm³/mol. The number of amides is 1. The topological polar surface area (TPSA) is 59.0 Å². The quantitative estimate of drug-likeness (QED) is 0.472. The fraction of sp³-hybridized carbons (Fsp3) is 0.0909. The van der Waals surface area contributed by atoms with Gasteiger partial charge in [0.25, 0.3) is 5.91 Å². The van der Waals surface area contributed by atoms with E-state index in [2.05, 4.69) is 15.0 Å². The lowest BCUT2D eigenvalue weighted by Crippen LogP contribution is -2.30. The van der Waals surface area contributed by atoms with Crippen molar-refractivity contribution in [1.29, 1.82) is 0 Å². The summed E-state index contributed by atoms with van der Waals surface area (Å²) in [6.07, 6.45) is 6.86. The van der Waals surface area contributed by atoms with E-state index in [0.717, 1.165) is 16.7 Å². The fourth-order valence-electron chi connectivity index (χ4n) is 2.88. The molecule has 0 aliphatic rings. The summed E-state index contributed by atoms with van der Waals surface area (Å²) in [6, 6.07) is 13.6. The van der Waals surface area contributed by atoms with E-state index in [4.69, 9.17) is 0 Å². The smallest absolute Gasteiger partial charge is 0.273 e. The summed E-state index contributed by atoms with van der Waals surface area (Å²) in [7, 11) is 0. The summed E-state index contributed by atoms with van der Waals surface area (Å²) in [5.74, 6) is -0.475. The second-order valence-electron chi connectivity index (χ2n) is 6.42. The summed E-state index contributed by atoms with van der Waals surface area (Å²) in [4.78, 5) is 27.6. The zero-order valence-corrected chi connectivity index (χ0v) is 16.2. The van der Waals surface area contributed by atoms with Gasteiger partial charge in [0.05, 0.1) is 0 Å². The van der Waals surface area contributed by atoms with Crippen LogP contribution in [-0.2, 0) is 13.1 Å². The Bertz CT molecular complexity index is 1040. The minimum Gasteiger partial charge on any atom is -0.329 e. The minimum atomic E-state index is -0.304. The van der Waals surface area contributed by atoms with Crippen molar-refractivity contribution in [2.45, 2.75) is 13.1 Å². The van der Waals surface area contributed by atoms with Crippen LogP contribution in [-0.4, -0.2) is 25.8 Å². The number of thiazole rings is 1. The van der Waals surface area contributed by atoms with Gasteiger partial charge in [-0.05, 0) is 53.6 Å². The van der Waals surface area contributed by atoms with Crippen molar-refractivity contribution in [3.05, 3.63) is 101 Å². The Labute approximate surface area is 171 Å². The van der Waals surface area contributed by atoms with Gasteiger partial charge in [0.15, 0.2) is 0 Å². The first-order valence-corrected chi connectivity index (χ1v) is 9.85. The molecule has 4 aromatic rings. The molecule has 3 aromatic heterocycles. The largest absolute Gasteiger partial charge is 0.329 e. The molecular formula is C22H17FN4OS. The first kappa shape index (κ1) is 18.9. The Morgan fingerprint density at radius 2 is 1.69 bits per heavy atom. The molecule has 144 valence electrons. The van der Waals surface area contributed by atoms with Crippen molar-refractivity contribution in [3.8, 4) is 10.6 Å². The van der Waals surface area contributed by atoms with Gasteiger partial charge < -0.3 is 4.90 Å². The Morgan fingerprint density at radius 1 is 0.931 bits per heavy atom. The molecule has 7 heteroatoms. The van der Waals surface area contributed by atoms with E-state index in [9.17, 15) is 9.18 Å². The van der Waals surface area contributed by atoms with Crippen molar-refractivity contribution in [3.63, 3.8) is 0 Å². The van der Waals surface area contributed by atoms with Crippen LogP contribution >= 0.6 is 11.3 Å². The molecule has 3 heterocycles. The van der Waals surface area contributed by atoms with Crippen LogP contribution in [0.4, 0.5) is 4.39 Å². The van der Waals surface area contributed by atoms with Gasteiger partial charge in [-0.15, -0.1) is 11.3 Å². The number of rotatable bonds is 6. The van der Waals surface area contributed by atoms with Crippen LogP contribution in [0.3, 0.4) is 0 Å². The van der Waals surface area contributed by atoms with Gasteiger partial charge in [-0.3, -0.25) is 14.8 Å². The Kier molecular flexibility index (Phi) is 5.67. The standard InChI is InChI=1S/C22H17FN4OS/c23-19-5-3-18(4-6-19)21-26-20(15-29-21)22(28)27(13-16-7-10-24-11-8-16)14-17-2-1-9-25-12-17/h1-12,15H,13-14H2. The number of carbonyl (C=O) groups is 1. The highest BCUT2D eigenvalue weighted by molar-refractivity contribution is 7.13. The number of nitrogens with zero attached hydrogens (tertiary/aromatic N) is 4. The molecule has 0 aliphatic heterocycles. The van der Waals surface area contributed by atoms with E-state index in [-0.39, 0.29) is 11.7 Å². The first-order valence-electron chi connectivity index (χ1n) is 8.97. The van der Waals surface area contributed by atoms with Crippen LogP contribution in [0.1, 0.15) is 21.6 Å². The van der Waals surface area contributed by atoms with Gasteiger partial charge in [-0.2, -0.15) is 0 Å². The Balaban J connectivity index is 1.59. The van der Waals surface area contributed by atoms with Crippen molar-refractivity contribution in [2.24, 2.45) is 0 Å². The van der Waals surface area contributed by atoms with Crippen LogP contribution in [0, 0.1) is 5.82 Å². The van der Waals surface area contributed by atoms with Crippen molar-refractivity contribution >= 4 is 17.2 Å². The van der Waals surface area contributed by atoms with E-state index < -0.39 is 0 Å². The SMILES string of the molecule is O=C(c1csc(-c2ccc(F)cc2)n1)N(Cc1ccncc1)Cc1cccnc1. The molecule has 1 aromatic carbocycles. The molecule has 0 saturated heterocycles. The molecule has 0 aliphatic carbocycles. The first-order chi connectivity index (χ1) is 14.2. The molecule has 0 saturated carbocycles. The number of carbonyl (C=O) groups excluding carboxylic acids is 1. The van der Waals surface area contributed by atoms with Crippen molar-refractivity contribution in [2.75, 3.05) is 0 Å². The molecule has 1 amide bonds. The second kappa shape index (κ2) is 8.70. The van der Waals surface area contributed by atoms with Crippen LogP contribution in [0.15, 0.2) is 78.7 Å². The van der Waals surface area contributed by atoms with Crippen molar-refractivity contribution in [1.82, 2.24) is 19.9 Å². The van der Waals surface area contributed by atoms with Crippen LogP contribution < -0.4 is 0 Å². The maximum Gasteiger partial charge on any atom is 0.273 e. The number of halogens is 1. The normalized spacial score (nSPS) is 10.7. The maximum atomic E-state index is 13.2. The lowest BCUT2D eigenvalue weighted by atomic mass is 10.2. The molecule has 0 radical (unpaired) electrons. The average molecular weight is 404 g/mol.